The third kappa shape index (κ3) is 4.82. The molecule has 2 amide bonds. The zero-order chi connectivity index (χ0) is 19.4. The number of amides is 2. The molecule has 1 aromatic heterocycles. The zero-order valence-corrected chi connectivity index (χ0v) is 16.3. The van der Waals surface area contributed by atoms with E-state index in [1.807, 2.05) is 6.92 Å². The maximum Gasteiger partial charge on any atom is 0.275 e. The van der Waals surface area contributed by atoms with Gasteiger partial charge in [0.05, 0.1) is 0 Å². The van der Waals surface area contributed by atoms with Gasteiger partial charge in [0.2, 0.25) is 0 Å². The number of rotatable bonds is 5. The van der Waals surface area contributed by atoms with Gasteiger partial charge in [-0.1, -0.05) is 12.1 Å². The largest absolute Gasteiger partial charge is 0.347 e. The van der Waals surface area contributed by atoms with Crippen molar-refractivity contribution in [3.05, 3.63) is 59.4 Å². The van der Waals surface area contributed by atoms with E-state index in [0.29, 0.717) is 13.1 Å². The van der Waals surface area contributed by atoms with Crippen molar-refractivity contribution in [2.75, 3.05) is 13.1 Å². The average Bonchev–Trinajstić information content (AvgIpc) is 3.07. The fraction of sp³-hybridized carbons (Fsp3) is 0.368. The standard InChI is InChI=1S/C19H22FN5O2.ClH/c1-12-8-14(9-21)11-25(12)19(27)17-16(22-6-7-23-17)18(26)24-10-13-2-4-15(20)5-3-13;/h2-7,12,14H,8-11,21H2,1H3,(H,24,26);1H. The first-order valence-electron chi connectivity index (χ1n) is 8.84. The summed E-state index contributed by atoms with van der Waals surface area (Å²) in [6.07, 6.45) is 3.60. The van der Waals surface area contributed by atoms with Crippen molar-refractivity contribution in [3.8, 4) is 0 Å². The van der Waals surface area contributed by atoms with Crippen LogP contribution in [0.25, 0.3) is 0 Å². The lowest BCUT2D eigenvalue weighted by Crippen LogP contribution is -2.37. The van der Waals surface area contributed by atoms with Gasteiger partial charge in [-0.2, -0.15) is 0 Å². The van der Waals surface area contributed by atoms with E-state index >= 15 is 0 Å². The molecular formula is C19H23ClFN5O2. The van der Waals surface area contributed by atoms with E-state index in [1.54, 1.807) is 17.0 Å². The summed E-state index contributed by atoms with van der Waals surface area (Å²) >= 11 is 0. The van der Waals surface area contributed by atoms with Crippen LogP contribution in [0.1, 0.15) is 39.9 Å². The van der Waals surface area contributed by atoms with E-state index < -0.39 is 5.91 Å². The number of nitrogens with two attached hydrogens (primary N) is 1. The third-order valence-corrected chi connectivity index (χ3v) is 4.74. The van der Waals surface area contributed by atoms with Gasteiger partial charge < -0.3 is 16.0 Å². The van der Waals surface area contributed by atoms with Gasteiger partial charge in [0, 0.05) is 31.5 Å². The molecular weight excluding hydrogens is 385 g/mol. The predicted molar refractivity (Wildman–Crippen MR) is 105 cm³/mol. The highest BCUT2D eigenvalue weighted by atomic mass is 35.5. The molecule has 0 saturated carbocycles. The Balaban J connectivity index is 0.00000280. The lowest BCUT2D eigenvalue weighted by Gasteiger charge is -2.21. The summed E-state index contributed by atoms with van der Waals surface area (Å²) in [6.45, 7) is 3.21. The minimum atomic E-state index is -0.502. The van der Waals surface area contributed by atoms with Crippen LogP contribution < -0.4 is 11.1 Å². The molecule has 0 aliphatic carbocycles. The van der Waals surface area contributed by atoms with E-state index in [1.165, 1.54) is 24.5 Å². The molecule has 2 atom stereocenters. The maximum atomic E-state index is 13.0. The summed E-state index contributed by atoms with van der Waals surface area (Å²) in [5.74, 6) is -0.921. The second kappa shape index (κ2) is 9.57. The van der Waals surface area contributed by atoms with Crippen LogP contribution in [0.15, 0.2) is 36.7 Å². The second-order valence-corrected chi connectivity index (χ2v) is 6.71. The van der Waals surface area contributed by atoms with Crippen LogP contribution in [0, 0.1) is 11.7 Å². The number of hydrogen-bond donors (Lipinski definition) is 2. The Morgan fingerprint density at radius 3 is 2.46 bits per heavy atom. The molecule has 1 aliphatic rings. The Labute approximate surface area is 168 Å². The molecule has 1 fully saturated rings. The molecule has 3 rings (SSSR count). The van der Waals surface area contributed by atoms with E-state index in [4.69, 9.17) is 5.73 Å². The van der Waals surface area contributed by atoms with Gasteiger partial charge in [-0.05, 0) is 43.5 Å². The number of likely N-dealkylation sites (tertiary alicyclic amines) is 1. The molecule has 2 unspecified atom stereocenters. The van der Waals surface area contributed by atoms with Crippen LogP contribution in [-0.4, -0.2) is 45.8 Å². The van der Waals surface area contributed by atoms with Gasteiger partial charge in [-0.15, -0.1) is 12.4 Å². The number of nitrogens with zero attached hydrogens (tertiary/aromatic N) is 3. The number of halogens is 2. The third-order valence-electron chi connectivity index (χ3n) is 4.74. The highest BCUT2D eigenvalue weighted by Crippen LogP contribution is 2.24. The Kier molecular flexibility index (Phi) is 7.42. The highest BCUT2D eigenvalue weighted by molar-refractivity contribution is 6.04. The minimum absolute atomic E-state index is 0. The van der Waals surface area contributed by atoms with Crippen LogP contribution in [0.2, 0.25) is 0 Å². The molecule has 3 N–H and O–H groups in total. The van der Waals surface area contributed by atoms with Gasteiger partial charge in [-0.25, -0.2) is 14.4 Å². The first-order valence-corrected chi connectivity index (χ1v) is 8.84. The lowest BCUT2D eigenvalue weighted by molar-refractivity contribution is 0.0729. The Morgan fingerprint density at radius 1 is 1.21 bits per heavy atom. The van der Waals surface area contributed by atoms with Gasteiger partial charge >= 0.3 is 0 Å². The van der Waals surface area contributed by atoms with Crippen LogP contribution >= 0.6 is 12.4 Å². The predicted octanol–water partition coefficient (Wildman–Crippen LogP) is 1.78. The average molecular weight is 408 g/mol. The van der Waals surface area contributed by atoms with Crippen LogP contribution in [0.3, 0.4) is 0 Å². The number of carbonyl (C=O) groups is 2. The number of benzene rings is 1. The molecule has 0 bridgehead atoms. The number of nitrogens with one attached hydrogen (secondary N) is 1. The number of carbonyl (C=O) groups excluding carboxylic acids is 2. The Bertz CT molecular complexity index is 833. The number of hydrogen-bond acceptors (Lipinski definition) is 5. The topological polar surface area (TPSA) is 101 Å². The summed E-state index contributed by atoms with van der Waals surface area (Å²) in [5, 5.41) is 2.70. The molecule has 9 heteroatoms. The normalized spacial score (nSPS) is 18.5. The SMILES string of the molecule is CC1CC(CN)CN1C(=O)c1nccnc1C(=O)NCc1ccc(F)cc1.Cl. The van der Waals surface area contributed by atoms with Crippen LogP contribution in [0.5, 0.6) is 0 Å². The minimum Gasteiger partial charge on any atom is -0.347 e. The Hall–Kier alpha value is -2.58. The molecule has 1 aliphatic heterocycles. The van der Waals surface area contributed by atoms with E-state index in [2.05, 4.69) is 15.3 Å². The van der Waals surface area contributed by atoms with Crippen molar-refractivity contribution in [1.82, 2.24) is 20.2 Å². The quantitative estimate of drug-likeness (QED) is 0.786. The monoisotopic (exact) mass is 407 g/mol. The van der Waals surface area contributed by atoms with E-state index in [9.17, 15) is 14.0 Å². The summed E-state index contributed by atoms with van der Waals surface area (Å²) < 4.78 is 13.0. The van der Waals surface area contributed by atoms with E-state index in [-0.39, 0.29) is 54.0 Å². The molecule has 0 radical (unpaired) electrons. The fourth-order valence-electron chi connectivity index (χ4n) is 3.26. The molecule has 2 heterocycles. The fourth-order valence-corrected chi connectivity index (χ4v) is 3.26. The summed E-state index contributed by atoms with van der Waals surface area (Å²) in [5.41, 5.74) is 6.47. The molecule has 7 nitrogen and oxygen atoms in total. The molecule has 28 heavy (non-hydrogen) atoms. The molecule has 1 aromatic carbocycles. The van der Waals surface area contributed by atoms with Crippen molar-refractivity contribution >= 4 is 24.2 Å². The first kappa shape index (κ1) is 21.7. The first-order chi connectivity index (χ1) is 13.0. The highest BCUT2D eigenvalue weighted by Gasteiger charge is 2.34. The van der Waals surface area contributed by atoms with Crippen molar-refractivity contribution < 1.29 is 14.0 Å². The molecule has 0 spiro atoms. The molecule has 1 saturated heterocycles. The van der Waals surface area contributed by atoms with Crippen LogP contribution in [0.4, 0.5) is 4.39 Å². The van der Waals surface area contributed by atoms with E-state index in [0.717, 1.165) is 12.0 Å². The molecule has 2 aromatic rings. The van der Waals surface area contributed by atoms with Gasteiger partial charge in [0.15, 0.2) is 11.4 Å². The van der Waals surface area contributed by atoms with Crippen molar-refractivity contribution in [2.24, 2.45) is 11.7 Å². The maximum absolute atomic E-state index is 13.0. The van der Waals surface area contributed by atoms with Crippen molar-refractivity contribution in [3.63, 3.8) is 0 Å². The summed E-state index contributed by atoms with van der Waals surface area (Å²) in [7, 11) is 0. The van der Waals surface area contributed by atoms with Crippen molar-refractivity contribution in [2.45, 2.75) is 25.9 Å². The molecule has 150 valence electrons. The van der Waals surface area contributed by atoms with Gasteiger partial charge in [0.1, 0.15) is 5.82 Å². The van der Waals surface area contributed by atoms with Crippen LogP contribution in [-0.2, 0) is 6.54 Å². The van der Waals surface area contributed by atoms with Gasteiger partial charge in [-0.3, -0.25) is 9.59 Å². The summed E-state index contributed by atoms with van der Waals surface area (Å²) in [6, 6.07) is 5.83. The zero-order valence-electron chi connectivity index (χ0n) is 15.5. The number of aromatic nitrogens is 2. The summed E-state index contributed by atoms with van der Waals surface area (Å²) in [4.78, 5) is 35.3. The second-order valence-electron chi connectivity index (χ2n) is 6.71. The lowest BCUT2D eigenvalue weighted by atomic mass is 10.1. The Morgan fingerprint density at radius 2 is 1.86 bits per heavy atom. The van der Waals surface area contributed by atoms with Crippen molar-refractivity contribution in [1.29, 1.82) is 0 Å². The smallest absolute Gasteiger partial charge is 0.275 e. The van der Waals surface area contributed by atoms with Gasteiger partial charge in [0.25, 0.3) is 11.8 Å².